The van der Waals surface area contributed by atoms with Crippen molar-refractivity contribution in [2.24, 2.45) is 11.8 Å². The first-order chi connectivity index (χ1) is 18.5. The van der Waals surface area contributed by atoms with Crippen molar-refractivity contribution in [3.63, 3.8) is 0 Å². The van der Waals surface area contributed by atoms with Gasteiger partial charge in [-0.2, -0.15) is 0 Å². The summed E-state index contributed by atoms with van der Waals surface area (Å²) >= 11 is 0. The molecule has 0 amide bonds. The van der Waals surface area contributed by atoms with Crippen LogP contribution in [-0.4, -0.2) is 21.3 Å². The van der Waals surface area contributed by atoms with Gasteiger partial charge in [-0.15, -0.1) is 0 Å². The molecule has 2 aromatic rings. The van der Waals surface area contributed by atoms with E-state index in [2.05, 4.69) is 95.3 Å². The van der Waals surface area contributed by atoms with Crippen LogP contribution in [0.1, 0.15) is 125 Å². The van der Waals surface area contributed by atoms with E-state index in [9.17, 15) is 0 Å². The van der Waals surface area contributed by atoms with E-state index >= 15 is 0 Å². The molecule has 0 atom stereocenters. The quantitative estimate of drug-likeness (QED) is 0.110. The van der Waals surface area contributed by atoms with E-state index in [0.29, 0.717) is 11.8 Å². The zero-order valence-corrected chi connectivity index (χ0v) is 26.4. The zero-order valence-electron chi connectivity index (χ0n) is 25.4. The lowest BCUT2D eigenvalue weighted by atomic mass is 9.97. The maximum Gasteiger partial charge on any atom is 0.407 e. The Morgan fingerprint density at radius 1 is 0.526 bits per heavy atom. The van der Waals surface area contributed by atoms with Gasteiger partial charge in [-0.25, -0.2) is 0 Å². The predicted octanol–water partition coefficient (Wildman–Crippen LogP) is 9.44. The van der Waals surface area contributed by atoms with Crippen LogP contribution in [0.15, 0.2) is 60.7 Å². The van der Waals surface area contributed by atoms with E-state index in [4.69, 9.17) is 8.85 Å². The minimum absolute atomic E-state index is 0.151. The molecule has 0 saturated carbocycles. The Morgan fingerprint density at radius 2 is 0.895 bits per heavy atom. The average Bonchev–Trinajstić information content (AvgIpc) is 2.93. The minimum Gasteiger partial charge on any atom is -0.388 e. The molecule has 0 aliphatic carbocycles. The van der Waals surface area contributed by atoms with Gasteiger partial charge in [0, 0.05) is 6.61 Å². The molecule has 2 nitrogen and oxygen atoms in total. The molecule has 0 radical (unpaired) electrons. The van der Waals surface area contributed by atoms with Crippen molar-refractivity contribution in [1.29, 1.82) is 0 Å². The van der Waals surface area contributed by atoms with Crippen molar-refractivity contribution in [2.45, 2.75) is 131 Å². The summed E-state index contributed by atoms with van der Waals surface area (Å²) < 4.78 is 14.1. The molecule has 0 fully saturated rings. The summed E-state index contributed by atoms with van der Waals surface area (Å²) in [5.41, 5.74) is 0. The molecular weight excluding hydrogens is 480 g/mol. The second-order valence-corrected chi connectivity index (χ2v) is 14.8. The summed E-state index contributed by atoms with van der Waals surface area (Å²) in [5, 5.41) is 2.42. The van der Waals surface area contributed by atoms with Gasteiger partial charge in [-0.1, -0.05) is 179 Å². The molecule has 2 aromatic carbocycles. The molecule has 2 rings (SSSR count). The minimum atomic E-state index is -2.84. The molecule has 0 unspecified atom stereocenters. The third-order valence-electron chi connectivity index (χ3n) is 7.73. The summed E-state index contributed by atoms with van der Waals surface area (Å²) in [6.45, 7) is 12.1. The smallest absolute Gasteiger partial charge is 0.388 e. The number of rotatable bonds is 22. The Morgan fingerprint density at radius 3 is 1.26 bits per heavy atom. The molecule has 0 aliphatic heterocycles. The van der Waals surface area contributed by atoms with Crippen LogP contribution in [0.2, 0.25) is 0 Å². The number of benzene rings is 2. The fourth-order valence-corrected chi connectivity index (χ4v) is 9.19. The van der Waals surface area contributed by atoms with Crippen molar-refractivity contribution in [2.75, 3.05) is 6.61 Å². The van der Waals surface area contributed by atoms with Gasteiger partial charge in [0.1, 0.15) is 0 Å². The van der Waals surface area contributed by atoms with E-state index in [1.54, 1.807) is 0 Å². The van der Waals surface area contributed by atoms with Gasteiger partial charge in [0.05, 0.1) is 6.10 Å². The van der Waals surface area contributed by atoms with Crippen LogP contribution in [-0.2, 0) is 8.85 Å². The summed E-state index contributed by atoms with van der Waals surface area (Å²) in [5.74, 6) is 0.859. The number of hydrogen-bond donors (Lipinski definition) is 0. The summed E-state index contributed by atoms with van der Waals surface area (Å²) in [7, 11) is -2.84. The predicted molar refractivity (Wildman–Crippen MR) is 169 cm³/mol. The van der Waals surface area contributed by atoms with Crippen LogP contribution in [0.3, 0.4) is 0 Å². The molecular formula is C35H58O2Si. The van der Waals surface area contributed by atoms with Gasteiger partial charge in [0.15, 0.2) is 0 Å². The third-order valence-corrected chi connectivity index (χ3v) is 11.1. The SMILES string of the molecule is CCCCCCCCCCCCCCCCO[Si](OC(C(C)C)C(C)C)(c1ccccc1)c1ccccc1. The highest BCUT2D eigenvalue weighted by Gasteiger charge is 2.45. The lowest BCUT2D eigenvalue weighted by molar-refractivity contribution is 0.0630. The van der Waals surface area contributed by atoms with Gasteiger partial charge in [0.25, 0.3) is 0 Å². The highest BCUT2D eigenvalue weighted by molar-refractivity contribution is 6.92. The highest BCUT2D eigenvalue weighted by atomic mass is 28.4. The van der Waals surface area contributed by atoms with E-state index in [1.807, 2.05) is 0 Å². The van der Waals surface area contributed by atoms with E-state index in [1.165, 1.54) is 93.8 Å². The van der Waals surface area contributed by atoms with Crippen LogP contribution in [0, 0.1) is 11.8 Å². The maximum absolute atomic E-state index is 7.17. The lowest BCUT2D eigenvalue weighted by Gasteiger charge is -2.38. The van der Waals surface area contributed by atoms with Crippen molar-refractivity contribution < 1.29 is 8.85 Å². The van der Waals surface area contributed by atoms with Crippen molar-refractivity contribution in [3.05, 3.63) is 60.7 Å². The summed E-state index contributed by atoms with van der Waals surface area (Å²) in [6, 6.07) is 21.5. The molecule has 0 aromatic heterocycles. The second kappa shape index (κ2) is 19.6. The molecule has 0 heterocycles. The van der Waals surface area contributed by atoms with Crippen LogP contribution in [0.5, 0.6) is 0 Å². The number of unbranched alkanes of at least 4 members (excludes halogenated alkanes) is 13. The van der Waals surface area contributed by atoms with Gasteiger partial charge < -0.3 is 8.85 Å². The molecule has 0 spiro atoms. The molecule has 214 valence electrons. The van der Waals surface area contributed by atoms with Crippen molar-refractivity contribution in [3.8, 4) is 0 Å². The van der Waals surface area contributed by atoms with E-state index in [-0.39, 0.29) is 6.10 Å². The topological polar surface area (TPSA) is 18.5 Å². The van der Waals surface area contributed by atoms with Crippen LogP contribution >= 0.6 is 0 Å². The van der Waals surface area contributed by atoms with Crippen LogP contribution in [0.4, 0.5) is 0 Å². The normalized spacial score (nSPS) is 12.2. The molecule has 0 N–H and O–H groups in total. The number of hydrogen-bond acceptors (Lipinski definition) is 2. The fourth-order valence-electron chi connectivity index (χ4n) is 5.56. The molecule has 0 aliphatic rings. The van der Waals surface area contributed by atoms with Crippen molar-refractivity contribution in [1.82, 2.24) is 0 Å². The lowest BCUT2D eigenvalue weighted by Crippen LogP contribution is -2.65. The average molecular weight is 539 g/mol. The largest absolute Gasteiger partial charge is 0.407 e. The Labute approximate surface area is 237 Å². The third kappa shape index (κ3) is 11.8. The zero-order chi connectivity index (χ0) is 27.5. The van der Waals surface area contributed by atoms with Gasteiger partial charge in [-0.3, -0.25) is 0 Å². The Bertz CT molecular complexity index is 758. The first kappa shape index (κ1) is 32.8. The highest BCUT2D eigenvalue weighted by Crippen LogP contribution is 2.23. The molecule has 3 heteroatoms. The monoisotopic (exact) mass is 538 g/mol. The fraction of sp³-hybridized carbons (Fsp3) is 0.657. The second-order valence-electron chi connectivity index (χ2n) is 11.9. The van der Waals surface area contributed by atoms with Gasteiger partial charge in [-0.05, 0) is 28.6 Å². The van der Waals surface area contributed by atoms with Crippen molar-refractivity contribution >= 4 is 18.9 Å². The standard InChI is InChI=1S/C35H58O2Si/c1-6-7-8-9-10-11-12-13-14-15-16-17-18-25-30-36-38(33-26-21-19-22-27-33,34-28-23-20-24-29-34)37-35(31(2)3)32(4)5/h19-24,26-29,31-32,35H,6-18,25,30H2,1-5H3. The molecule has 0 saturated heterocycles. The Kier molecular flexibility index (Phi) is 16.9. The first-order valence-electron chi connectivity index (χ1n) is 15.9. The molecule has 0 bridgehead atoms. The summed E-state index contributed by atoms with van der Waals surface area (Å²) in [4.78, 5) is 0. The Hall–Kier alpha value is -1.42. The Balaban J connectivity index is 1.86. The summed E-state index contributed by atoms with van der Waals surface area (Å²) in [6.07, 6.45) is 19.3. The first-order valence-corrected chi connectivity index (χ1v) is 17.8. The van der Waals surface area contributed by atoms with Crippen LogP contribution in [0.25, 0.3) is 0 Å². The van der Waals surface area contributed by atoms with E-state index < -0.39 is 8.56 Å². The molecule has 38 heavy (non-hydrogen) atoms. The van der Waals surface area contributed by atoms with Crippen LogP contribution < -0.4 is 10.4 Å². The maximum atomic E-state index is 7.17. The van der Waals surface area contributed by atoms with Gasteiger partial charge >= 0.3 is 8.56 Å². The van der Waals surface area contributed by atoms with E-state index in [0.717, 1.165) is 13.0 Å². The van der Waals surface area contributed by atoms with Gasteiger partial charge in [0.2, 0.25) is 0 Å².